The van der Waals surface area contributed by atoms with Crippen molar-refractivity contribution >= 4 is 0 Å². The van der Waals surface area contributed by atoms with Crippen molar-refractivity contribution in [2.24, 2.45) is 5.92 Å². The lowest BCUT2D eigenvalue weighted by molar-refractivity contribution is 0.285. The van der Waals surface area contributed by atoms with Crippen LogP contribution in [0.5, 0.6) is 0 Å². The van der Waals surface area contributed by atoms with E-state index in [9.17, 15) is 0 Å². The molecule has 110 valence electrons. The van der Waals surface area contributed by atoms with E-state index in [4.69, 9.17) is 0 Å². The van der Waals surface area contributed by atoms with Crippen LogP contribution in [0.2, 0.25) is 0 Å². The van der Waals surface area contributed by atoms with E-state index in [0.717, 1.165) is 17.9 Å². The summed E-state index contributed by atoms with van der Waals surface area (Å²) in [5, 5.41) is 0. The molecule has 0 radical (unpaired) electrons. The summed E-state index contributed by atoms with van der Waals surface area (Å²) in [5.74, 6) is 1.88. The van der Waals surface area contributed by atoms with Gasteiger partial charge in [-0.2, -0.15) is 0 Å². The molecule has 0 amide bonds. The first-order chi connectivity index (χ1) is 9.83. The largest absolute Gasteiger partial charge is 0.345 e. The Balaban J connectivity index is 1.62. The van der Waals surface area contributed by atoms with Crippen LogP contribution in [0.15, 0.2) is 6.07 Å². The van der Waals surface area contributed by atoms with E-state index < -0.39 is 0 Å². The van der Waals surface area contributed by atoms with Crippen molar-refractivity contribution in [2.45, 2.75) is 89.5 Å². The number of hydrogen-bond donors (Lipinski definition) is 0. The Hall–Kier alpha value is -0.720. The second-order valence-corrected chi connectivity index (χ2v) is 7.62. The van der Waals surface area contributed by atoms with Crippen molar-refractivity contribution in [1.29, 1.82) is 0 Å². The molecule has 1 aromatic rings. The molecule has 1 heteroatoms. The summed E-state index contributed by atoms with van der Waals surface area (Å²) in [4.78, 5) is 0. The Bertz CT molecular complexity index is 470. The van der Waals surface area contributed by atoms with Crippen LogP contribution in [-0.2, 0) is 6.42 Å². The molecule has 0 aliphatic heterocycles. The molecule has 0 unspecified atom stereocenters. The maximum Gasteiger partial charge on any atom is 0.0336 e. The lowest BCUT2D eigenvalue weighted by atomic mass is 9.82. The summed E-state index contributed by atoms with van der Waals surface area (Å²) in [7, 11) is 0. The molecule has 0 bridgehead atoms. The average molecular weight is 271 g/mol. The van der Waals surface area contributed by atoms with E-state index in [1.807, 2.05) is 0 Å². The van der Waals surface area contributed by atoms with Gasteiger partial charge in [-0.15, -0.1) is 0 Å². The van der Waals surface area contributed by atoms with Gasteiger partial charge in [0.25, 0.3) is 0 Å². The van der Waals surface area contributed by atoms with Crippen LogP contribution >= 0.6 is 0 Å². The smallest absolute Gasteiger partial charge is 0.0336 e. The van der Waals surface area contributed by atoms with Gasteiger partial charge < -0.3 is 4.57 Å². The number of rotatable bonds is 4. The summed E-state index contributed by atoms with van der Waals surface area (Å²) >= 11 is 0. The molecular formula is C19H29N. The summed E-state index contributed by atoms with van der Waals surface area (Å²) in [6.45, 7) is 2.41. The van der Waals surface area contributed by atoms with Gasteiger partial charge in [-0.25, -0.2) is 0 Å². The molecule has 4 rings (SSSR count). The van der Waals surface area contributed by atoms with Crippen LogP contribution in [0.1, 0.15) is 93.1 Å². The second-order valence-electron chi connectivity index (χ2n) is 7.62. The van der Waals surface area contributed by atoms with Gasteiger partial charge in [0.15, 0.2) is 0 Å². The summed E-state index contributed by atoms with van der Waals surface area (Å²) in [6, 6.07) is 3.47. The minimum absolute atomic E-state index is 0.850. The van der Waals surface area contributed by atoms with Gasteiger partial charge in [-0.1, -0.05) is 32.1 Å². The molecule has 0 aromatic carbocycles. The van der Waals surface area contributed by atoms with Gasteiger partial charge in [0.05, 0.1) is 0 Å². The minimum atomic E-state index is 0.850. The Morgan fingerprint density at radius 3 is 2.20 bits per heavy atom. The summed E-state index contributed by atoms with van der Waals surface area (Å²) in [6.07, 6.45) is 15.9. The maximum absolute atomic E-state index is 2.78. The normalized spacial score (nSPS) is 24.9. The van der Waals surface area contributed by atoms with Gasteiger partial charge in [-0.05, 0) is 68.9 Å². The van der Waals surface area contributed by atoms with Gasteiger partial charge in [0, 0.05) is 17.4 Å². The van der Waals surface area contributed by atoms with Crippen molar-refractivity contribution in [3.63, 3.8) is 0 Å². The number of nitrogens with zero attached hydrogens (tertiary/aromatic N) is 1. The second kappa shape index (κ2) is 5.24. The fraction of sp³-hybridized carbons (Fsp3) is 0.789. The Morgan fingerprint density at radius 2 is 1.65 bits per heavy atom. The van der Waals surface area contributed by atoms with E-state index in [-0.39, 0.29) is 0 Å². The van der Waals surface area contributed by atoms with E-state index in [1.165, 1.54) is 70.6 Å². The quantitative estimate of drug-likeness (QED) is 0.679. The molecule has 3 saturated carbocycles. The standard InChI is InChI=1S/C19H29N/c1-14-17(12-15-6-2-3-7-15)13-19(16-8-4-9-16)20(14)18-10-5-11-18/h13,15-16,18H,2-12H2,1H3. The van der Waals surface area contributed by atoms with Crippen LogP contribution < -0.4 is 0 Å². The molecule has 20 heavy (non-hydrogen) atoms. The summed E-state index contributed by atoms with van der Waals surface area (Å²) in [5.41, 5.74) is 5.04. The molecule has 1 aromatic heterocycles. The highest BCUT2D eigenvalue weighted by molar-refractivity contribution is 5.32. The molecule has 0 atom stereocenters. The van der Waals surface area contributed by atoms with Crippen LogP contribution in [0.25, 0.3) is 0 Å². The molecule has 0 spiro atoms. The van der Waals surface area contributed by atoms with Crippen molar-refractivity contribution < 1.29 is 0 Å². The van der Waals surface area contributed by atoms with Crippen molar-refractivity contribution in [1.82, 2.24) is 4.57 Å². The van der Waals surface area contributed by atoms with Gasteiger partial charge >= 0.3 is 0 Å². The zero-order valence-electron chi connectivity index (χ0n) is 13.0. The highest BCUT2D eigenvalue weighted by atomic mass is 15.0. The molecule has 3 aliphatic carbocycles. The third kappa shape index (κ3) is 2.14. The van der Waals surface area contributed by atoms with E-state index in [1.54, 1.807) is 17.0 Å². The van der Waals surface area contributed by atoms with E-state index in [0.29, 0.717) is 0 Å². The molecule has 1 nitrogen and oxygen atoms in total. The predicted molar refractivity (Wildman–Crippen MR) is 84.3 cm³/mol. The highest BCUT2D eigenvalue weighted by Gasteiger charge is 2.31. The van der Waals surface area contributed by atoms with Crippen LogP contribution in [-0.4, -0.2) is 4.57 Å². The maximum atomic E-state index is 2.78. The molecular weight excluding hydrogens is 242 g/mol. The van der Waals surface area contributed by atoms with Crippen LogP contribution in [0.4, 0.5) is 0 Å². The monoisotopic (exact) mass is 271 g/mol. The molecule has 3 fully saturated rings. The number of aromatic nitrogens is 1. The fourth-order valence-electron chi connectivity index (χ4n) is 4.58. The molecule has 0 N–H and O–H groups in total. The third-order valence-electron chi connectivity index (χ3n) is 6.37. The lowest BCUT2D eigenvalue weighted by Crippen LogP contribution is -2.23. The van der Waals surface area contributed by atoms with Crippen molar-refractivity contribution in [3.8, 4) is 0 Å². The van der Waals surface area contributed by atoms with E-state index >= 15 is 0 Å². The van der Waals surface area contributed by atoms with Crippen LogP contribution in [0.3, 0.4) is 0 Å². The first-order valence-electron chi connectivity index (χ1n) is 9.03. The Morgan fingerprint density at radius 1 is 0.950 bits per heavy atom. The SMILES string of the molecule is Cc1c(CC2CCCC2)cc(C2CCC2)n1C1CCC1. The van der Waals surface area contributed by atoms with E-state index in [2.05, 4.69) is 17.6 Å². The van der Waals surface area contributed by atoms with Gasteiger partial charge in [0.2, 0.25) is 0 Å². The Kier molecular flexibility index (Phi) is 3.40. The van der Waals surface area contributed by atoms with Gasteiger partial charge in [0.1, 0.15) is 0 Å². The first-order valence-corrected chi connectivity index (χ1v) is 9.03. The molecule has 3 aliphatic rings. The van der Waals surface area contributed by atoms with Gasteiger partial charge in [-0.3, -0.25) is 0 Å². The zero-order valence-corrected chi connectivity index (χ0v) is 13.0. The topological polar surface area (TPSA) is 4.93 Å². The third-order valence-corrected chi connectivity index (χ3v) is 6.37. The number of hydrogen-bond acceptors (Lipinski definition) is 0. The fourth-order valence-corrected chi connectivity index (χ4v) is 4.58. The van der Waals surface area contributed by atoms with Crippen LogP contribution in [0, 0.1) is 12.8 Å². The van der Waals surface area contributed by atoms with Crippen molar-refractivity contribution in [3.05, 3.63) is 23.0 Å². The lowest BCUT2D eigenvalue weighted by Gasteiger charge is -2.35. The first kappa shape index (κ1) is 13.0. The summed E-state index contributed by atoms with van der Waals surface area (Å²) < 4.78 is 2.78. The average Bonchev–Trinajstić information content (AvgIpc) is 2.89. The van der Waals surface area contributed by atoms with Crippen molar-refractivity contribution in [2.75, 3.05) is 0 Å². The minimum Gasteiger partial charge on any atom is -0.345 e. The molecule has 0 saturated heterocycles. The zero-order chi connectivity index (χ0) is 13.5. The highest BCUT2D eigenvalue weighted by Crippen LogP contribution is 2.44. The molecule has 1 heterocycles. The predicted octanol–water partition coefficient (Wildman–Crippen LogP) is 5.52. The Labute approximate surface area is 123 Å².